The Morgan fingerprint density at radius 2 is 1.69 bits per heavy atom. The van der Waals surface area contributed by atoms with Crippen molar-refractivity contribution in [2.75, 3.05) is 24.5 Å². The summed E-state index contributed by atoms with van der Waals surface area (Å²) in [4.78, 5) is 25.4. The summed E-state index contributed by atoms with van der Waals surface area (Å²) in [5.41, 5.74) is 1.73. The molecule has 2 amide bonds. The van der Waals surface area contributed by atoms with Crippen molar-refractivity contribution < 1.29 is 23.8 Å². The quantitative estimate of drug-likeness (QED) is 0.689. The Hall–Kier alpha value is -4.00. The highest BCUT2D eigenvalue weighted by molar-refractivity contribution is 6.12. The van der Waals surface area contributed by atoms with Crippen LogP contribution in [0.15, 0.2) is 66.7 Å². The molecule has 7 nitrogen and oxygen atoms in total. The monoisotopic (exact) mass is 390 g/mol. The van der Waals surface area contributed by atoms with Crippen molar-refractivity contribution in [2.45, 2.75) is 0 Å². The van der Waals surface area contributed by atoms with Crippen LogP contribution in [0.3, 0.4) is 0 Å². The molecule has 0 bridgehead atoms. The number of ether oxygens (including phenoxy) is 3. The first-order valence-corrected chi connectivity index (χ1v) is 8.89. The second-order valence-corrected chi connectivity index (χ2v) is 6.25. The van der Waals surface area contributed by atoms with E-state index in [4.69, 9.17) is 14.2 Å². The third kappa shape index (κ3) is 3.98. The molecule has 0 aromatic heterocycles. The molecule has 0 fully saturated rings. The number of nitrogens with one attached hydrogen (secondary N) is 2. The van der Waals surface area contributed by atoms with Crippen LogP contribution in [0.1, 0.15) is 20.7 Å². The van der Waals surface area contributed by atoms with E-state index in [0.29, 0.717) is 39.8 Å². The topological polar surface area (TPSA) is 85.9 Å². The standard InChI is InChI=1S/C22H18N2O5/c1-27-16-6-4-5-15(12-16)23-22(26)17-7-2-3-8-18(17)24-21(25)14-9-10-19-20(11-14)29-13-28-19/h2-12H,13H2,1H3,(H,23,26)(H,24,25). The van der Waals surface area contributed by atoms with E-state index in [1.807, 2.05) is 0 Å². The van der Waals surface area contributed by atoms with Crippen LogP contribution in [-0.2, 0) is 0 Å². The zero-order valence-electron chi connectivity index (χ0n) is 15.6. The fraction of sp³-hybridized carbons (Fsp3) is 0.0909. The summed E-state index contributed by atoms with van der Waals surface area (Å²) >= 11 is 0. The van der Waals surface area contributed by atoms with Gasteiger partial charge >= 0.3 is 0 Å². The van der Waals surface area contributed by atoms with E-state index in [1.165, 1.54) is 0 Å². The van der Waals surface area contributed by atoms with Crippen LogP contribution in [0.2, 0.25) is 0 Å². The number of carbonyl (C=O) groups excluding carboxylic acids is 2. The first-order valence-electron chi connectivity index (χ1n) is 8.89. The maximum atomic E-state index is 12.8. The Balaban J connectivity index is 1.53. The Morgan fingerprint density at radius 3 is 2.55 bits per heavy atom. The molecule has 0 radical (unpaired) electrons. The molecular formula is C22H18N2O5. The first kappa shape index (κ1) is 18.4. The van der Waals surface area contributed by atoms with Crippen molar-refractivity contribution in [2.24, 2.45) is 0 Å². The number of amides is 2. The van der Waals surface area contributed by atoms with E-state index in [-0.39, 0.29) is 18.6 Å². The highest BCUT2D eigenvalue weighted by Crippen LogP contribution is 2.32. The summed E-state index contributed by atoms with van der Waals surface area (Å²) in [7, 11) is 1.56. The van der Waals surface area contributed by atoms with Gasteiger partial charge in [0, 0.05) is 17.3 Å². The zero-order valence-corrected chi connectivity index (χ0v) is 15.6. The van der Waals surface area contributed by atoms with E-state index in [2.05, 4.69) is 10.6 Å². The third-order valence-electron chi connectivity index (χ3n) is 4.38. The number of para-hydroxylation sites is 1. The Morgan fingerprint density at radius 1 is 0.862 bits per heavy atom. The Kier molecular flexibility index (Phi) is 5.03. The molecule has 3 aromatic rings. The predicted molar refractivity (Wildman–Crippen MR) is 108 cm³/mol. The number of anilines is 2. The summed E-state index contributed by atoms with van der Waals surface area (Å²) in [5, 5.41) is 5.60. The Labute approximate surface area is 167 Å². The fourth-order valence-corrected chi connectivity index (χ4v) is 2.92. The van der Waals surface area contributed by atoms with Crippen molar-refractivity contribution in [3.05, 3.63) is 77.9 Å². The third-order valence-corrected chi connectivity index (χ3v) is 4.38. The van der Waals surface area contributed by atoms with Gasteiger partial charge in [-0.15, -0.1) is 0 Å². The largest absolute Gasteiger partial charge is 0.497 e. The number of methoxy groups -OCH3 is 1. The zero-order chi connectivity index (χ0) is 20.2. The minimum Gasteiger partial charge on any atom is -0.497 e. The molecule has 1 heterocycles. The lowest BCUT2D eigenvalue weighted by Crippen LogP contribution is -2.18. The van der Waals surface area contributed by atoms with Gasteiger partial charge in [-0.2, -0.15) is 0 Å². The van der Waals surface area contributed by atoms with Crippen LogP contribution in [0, 0.1) is 0 Å². The lowest BCUT2D eigenvalue weighted by atomic mass is 10.1. The highest BCUT2D eigenvalue weighted by atomic mass is 16.7. The fourth-order valence-electron chi connectivity index (χ4n) is 2.92. The summed E-state index contributed by atoms with van der Waals surface area (Å²) in [6.45, 7) is 0.133. The van der Waals surface area contributed by atoms with E-state index >= 15 is 0 Å². The van der Waals surface area contributed by atoms with Crippen molar-refractivity contribution in [3.8, 4) is 17.2 Å². The van der Waals surface area contributed by atoms with Gasteiger partial charge in [0.25, 0.3) is 11.8 Å². The van der Waals surface area contributed by atoms with Crippen LogP contribution in [0.25, 0.3) is 0 Å². The van der Waals surface area contributed by atoms with E-state index in [0.717, 1.165) is 0 Å². The van der Waals surface area contributed by atoms with Gasteiger partial charge in [0.2, 0.25) is 6.79 Å². The van der Waals surface area contributed by atoms with Crippen molar-refractivity contribution in [1.29, 1.82) is 0 Å². The molecule has 29 heavy (non-hydrogen) atoms. The van der Waals surface area contributed by atoms with Gasteiger partial charge in [0.15, 0.2) is 11.5 Å². The minimum atomic E-state index is -0.357. The Bertz CT molecular complexity index is 1080. The summed E-state index contributed by atoms with van der Waals surface area (Å²) < 4.78 is 15.7. The molecule has 0 spiro atoms. The molecule has 0 unspecified atom stereocenters. The van der Waals surface area contributed by atoms with E-state index < -0.39 is 0 Å². The van der Waals surface area contributed by atoms with Gasteiger partial charge < -0.3 is 24.8 Å². The molecule has 4 rings (SSSR count). The summed E-state index contributed by atoms with van der Waals surface area (Å²) in [5.74, 6) is 1.04. The van der Waals surface area contributed by atoms with Crippen LogP contribution < -0.4 is 24.8 Å². The van der Waals surface area contributed by atoms with Gasteiger partial charge in [-0.05, 0) is 42.5 Å². The number of rotatable bonds is 5. The molecule has 146 valence electrons. The van der Waals surface area contributed by atoms with Gasteiger partial charge in [-0.3, -0.25) is 9.59 Å². The van der Waals surface area contributed by atoms with Gasteiger partial charge in [0.05, 0.1) is 18.4 Å². The molecule has 0 saturated heterocycles. The lowest BCUT2D eigenvalue weighted by Gasteiger charge is -2.12. The normalized spacial score (nSPS) is 11.6. The van der Waals surface area contributed by atoms with Crippen LogP contribution in [0.4, 0.5) is 11.4 Å². The molecular weight excluding hydrogens is 372 g/mol. The average Bonchev–Trinajstić information content (AvgIpc) is 3.22. The van der Waals surface area contributed by atoms with E-state index in [9.17, 15) is 9.59 Å². The van der Waals surface area contributed by atoms with Crippen LogP contribution >= 0.6 is 0 Å². The van der Waals surface area contributed by atoms with E-state index in [1.54, 1.807) is 73.8 Å². The van der Waals surface area contributed by atoms with Gasteiger partial charge in [0.1, 0.15) is 5.75 Å². The average molecular weight is 390 g/mol. The van der Waals surface area contributed by atoms with Crippen molar-refractivity contribution in [1.82, 2.24) is 0 Å². The van der Waals surface area contributed by atoms with Crippen LogP contribution in [-0.4, -0.2) is 25.7 Å². The molecule has 0 saturated carbocycles. The minimum absolute atomic E-state index is 0.133. The van der Waals surface area contributed by atoms with Crippen molar-refractivity contribution in [3.63, 3.8) is 0 Å². The number of carbonyl (C=O) groups is 2. The maximum Gasteiger partial charge on any atom is 0.257 e. The molecule has 7 heteroatoms. The maximum absolute atomic E-state index is 12.8. The lowest BCUT2D eigenvalue weighted by molar-refractivity contribution is 0.102. The molecule has 1 aliphatic rings. The first-order chi connectivity index (χ1) is 14.1. The number of hydrogen-bond donors (Lipinski definition) is 2. The number of fused-ring (bicyclic) bond motifs is 1. The van der Waals surface area contributed by atoms with Gasteiger partial charge in [-0.1, -0.05) is 18.2 Å². The smallest absolute Gasteiger partial charge is 0.257 e. The summed E-state index contributed by atoms with van der Waals surface area (Å²) in [6.07, 6.45) is 0. The molecule has 0 atom stereocenters. The predicted octanol–water partition coefficient (Wildman–Crippen LogP) is 3.93. The second-order valence-electron chi connectivity index (χ2n) is 6.25. The summed E-state index contributed by atoms with van der Waals surface area (Å²) in [6, 6.07) is 18.8. The molecule has 3 aromatic carbocycles. The molecule has 0 aliphatic carbocycles. The van der Waals surface area contributed by atoms with Crippen molar-refractivity contribution >= 4 is 23.2 Å². The molecule has 1 aliphatic heterocycles. The second kappa shape index (κ2) is 7.93. The van der Waals surface area contributed by atoms with Crippen LogP contribution in [0.5, 0.6) is 17.2 Å². The number of benzene rings is 3. The SMILES string of the molecule is COc1cccc(NC(=O)c2ccccc2NC(=O)c2ccc3c(c2)OCO3)c1. The number of hydrogen-bond acceptors (Lipinski definition) is 5. The van der Waals surface area contributed by atoms with Gasteiger partial charge in [-0.25, -0.2) is 0 Å². The highest BCUT2D eigenvalue weighted by Gasteiger charge is 2.18. The molecule has 2 N–H and O–H groups in total.